The Morgan fingerprint density at radius 2 is 1.26 bits per heavy atom. The van der Waals surface area contributed by atoms with Gasteiger partial charge in [0.05, 0.1) is 0 Å². The van der Waals surface area contributed by atoms with Crippen LogP contribution in [0.1, 0.15) is 0 Å². The van der Waals surface area contributed by atoms with Gasteiger partial charge in [-0.1, -0.05) is 48.6 Å². The quantitative estimate of drug-likeness (QED) is 0.323. The lowest BCUT2D eigenvalue weighted by atomic mass is 10.3. The first kappa shape index (κ1) is 21.2. The van der Waals surface area contributed by atoms with Gasteiger partial charge in [0, 0.05) is 0 Å². The first-order valence-corrected chi connectivity index (χ1v) is 8.54. The second-order valence-electron chi connectivity index (χ2n) is 3.62. The van der Waals surface area contributed by atoms with E-state index in [4.69, 9.17) is 14.8 Å². The topological polar surface area (TPSA) is 81.8 Å². The molecule has 0 fully saturated rings. The molecule has 0 saturated carbocycles. The van der Waals surface area contributed by atoms with Gasteiger partial charge in [-0.05, 0) is 24.3 Å². The van der Waals surface area contributed by atoms with Crippen molar-refractivity contribution in [2.45, 2.75) is 0 Å². The van der Waals surface area contributed by atoms with Gasteiger partial charge in [-0.25, -0.2) is 4.57 Å². The number of thiocarbonyl (C=S) groups is 1. The van der Waals surface area contributed by atoms with Crippen molar-refractivity contribution in [1.29, 1.82) is 0 Å². The molecule has 0 aromatic heterocycles. The number of rotatable bonds is 4. The summed E-state index contributed by atoms with van der Waals surface area (Å²) in [4.78, 5) is 9.53. The number of hydrogen-bond donors (Lipinski definition) is 3. The second-order valence-corrected chi connectivity index (χ2v) is 6.14. The fourth-order valence-electron chi connectivity index (χ4n) is 1.25. The molecule has 5 nitrogen and oxygen atoms in total. The molecule has 0 radical (unpaired) electrons. The number of phosphoric ester groups is 1. The van der Waals surface area contributed by atoms with Gasteiger partial charge in [0.2, 0.25) is 0 Å². The van der Waals surface area contributed by atoms with Gasteiger partial charge in [-0.15, -0.1) is 25.8 Å². The SMILES string of the molecule is C=C.NC(=S)S.O=P(O)(Oc1ccccc1)Oc1ccccc1. The normalized spacial score (nSPS) is 9.30. The maximum Gasteiger partial charge on any atom is 0.584 e. The van der Waals surface area contributed by atoms with Crippen LogP contribution in [0.15, 0.2) is 73.8 Å². The van der Waals surface area contributed by atoms with E-state index in [2.05, 4.69) is 38.0 Å². The van der Waals surface area contributed by atoms with Gasteiger partial charge in [0.1, 0.15) is 15.8 Å². The number of benzene rings is 2. The molecule has 124 valence electrons. The standard InChI is InChI=1S/C12H11O4P.C2H4.CH3NS2/c13-17(14,15-11-7-3-1-4-8-11)16-12-9-5-2-6-10-12;1-2;2-1(3)4/h1-10H,(H,13,14);1-2H2;(H3,2,3,4). The van der Waals surface area contributed by atoms with Crippen molar-refractivity contribution in [1.82, 2.24) is 0 Å². The lowest BCUT2D eigenvalue weighted by molar-refractivity contribution is 0.291. The van der Waals surface area contributed by atoms with Crippen LogP contribution < -0.4 is 14.8 Å². The molecule has 0 saturated heterocycles. The third-order valence-corrected chi connectivity index (χ3v) is 2.81. The van der Waals surface area contributed by atoms with E-state index in [-0.39, 0.29) is 15.8 Å². The lowest BCUT2D eigenvalue weighted by Crippen LogP contribution is -1.99. The summed E-state index contributed by atoms with van der Waals surface area (Å²) in [6.07, 6.45) is 0. The minimum absolute atomic E-state index is 0.194. The highest BCUT2D eigenvalue weighted by molar-refractivity contribution is 8.10. The van der Waals surface area contributed by atoms with Crippen LogP contribution in [-0.2, 0) is 4.57 Å². The van der Waals surface area contributed by atoms with Gasteiger partial charge < -0.3 is 14.8 Å². The Morgan fingerprint density at radius 3 is 1.52 bits per heavy atom. The van der Waals surface area contributed by atoms with Gasteiger partial charge in [-0.2, -0.15) is 0 Å². The van der Waals surface area contributed by atoms with Crippen molar-refractivity contribution in [2.75, 3.05) is 0 Å². The lowest BCUT2D eigenvalue weighted by Gasteiger charge is -2.13. The van der Waals surface area contributed by atoms with E-state index >= 15 is 0 Å². The second kappa shape index (κ2) is 11.7. The third-order valence-electron chi connectivity index (χ3n) is 1.93. The molecule has 2 aromatic rings. The Bertz CT molecular complexity index is 576. The predicted octanol–water partition coefficient (Wildman–Crippen LogP) is 4.21. The van der Waals surface area contributed by atoms with Crippen molar-refractivity contribution in [3.05, 3.63) is 73.8 Å². The largest absolute Gasteiger partial charge is 0.584 e. The van der Waals surface area contributed by atoms with Gasteiger partial charge >= 0.3 is 7.82 Å². The van der Waals surface area contributed by atoms with E-state index in [1.54, 1.807) is 60.7 Å². The Hall–Kier alpha value is -1.79. The minimum atomic E-state index is -4.14. The van der Waals surface area contributed by atoms with E-state index in [0.717, 1.165) is 0 Å². The van der Waals surface area contributed by atoms with E-state index in [0.29, 0.717) is 0 Å². The predicted molar refractivity (Wildman–Crippen MR) is 101 cm³/mol. The van der Waals surface area contributed by atoms with Crippen LogP contribution in [0.3, 0.4) is 0 Å². The molecular weight excluding hydrogens is 353 g/mol. The highest BCUT2D eigenvalue weighted by Crippen LogP contribution is 2.43. The monoisotopic (exact) mass is 371 g/mol. The van der Waals surface area contributed by atoms with Gasteiger partial charge in [0.15, 0.2) is 0 Å². The fourth-order valence-corrected chi connectivity index (χ4v) is 2.06. The summed E-state index contributed by atoms with van der Waals surface area (Å²) in [6.45, 7) is 6.00. The third kappa shape index (κ3) is 11.4. The molecule has 0 aliphatic heterocycles. The highest BCUT2D eigenvalue weighted by atomic mass is 32.1. The molecular formula is C15H18NO4PS2. The zero-order valence-corrected chi connectivity index (χ0v) is 14.8. The minimum Gasteiger partial charge on any atom is -0.395 e. The Kier molecular flexibility index (Phi) is 10.8. The zero-order chi connectivity index (χ0) is 17.7. The zero-order valence-electron chi connectivity index (χ0n) is 12.2. The maximum absolute atomic E-state index is 11.7. The Labute approximate surface area is 146 Å². The Balaban J connectivity index is 0.000000705. The molecule has 0 bridgehead atoms. The number of phosphoric acid groups is 1. The van der Waals surface area contributed by atoms with Crippen molar-refractivity contribution in [3.8, 4) is 11.5 Å². The molecule has 2 rings (SSSR count). The van der Waals surface area contributed by atoms with E-state index < -0.39 is 7.82 Å². The molecule has 23 heavy (non-hydrogen) atoms. The van der Waals surface area contributed by atoms with Crippen molar-refractivity contribution < 1.29 is 18.5 Å². The van der Waals surface area contributed by atoms with Crippen LogP contribution in [0.2, 0.25) is 0 Å². The summed E-state index contributed by atoms with van der Waals surface area (Å²) in [6, 6.07) is 16.7. The van der Waals surface area contributed by atoms with E-state index in [9.17, 15) is 9.46 Å². The average molecular weight is 371 g/mol. The summed E-state index contributed by atoms with van der Waals surface area (Å²) in [7, 11) is -4.14. The fraction of sp³-hybridized carbons (Fsp3) is 0. The molecule has 0 aliphatic rings. The van der Waals surface area contributed by atoms with Crippen LogP contribution in [0, 0.1) is 0 Å². The number of para-hydroxylation sites is 2. The van der Waals surface area contributed by atoms with Crippen molar-refractivity contribution in [3.63, 3.8) is 0 Å². The number of hydrogen-bond acceptors (Lipinski definition) is 4. The first-order valence-electron chi connectivity index (χ1n) is 6.19. The van der Waals surface area contributed by atoms with Crippen LogP contribution >= 0.6 is 32.7 Å². The van der Waals surface area contributed by atoms with Crippen molar-refractivity contribution in [2.24, 2.45) is 5.73 Å². The number of thiol groups is 1. The molecule has 0 atom stereocenters. The van der Waals surface area contributed by atoms with Crippen molar-refractivity contribution >= 4 is 37.0 Å². The molecule has 3 N–H and O–H groups in total. The summed E-state index contributed by atoms with van der Waals surface area (Å²) in [5.41, 5.74) is 4.71. The molecule has 0 spiro atoms. The first-order chi connectivity index (χ1) is 10.9. The summed E-state index contributed by atoms with van der Waals surface area (Å²) in [5.74, 6) is 0.573. The smallest absolute Gasteiger partial charge is 0.395 e. The van der Waals surface area contributed by atoms with E-state index in [1.807, 2.05) is 0 Å². The molecule has 0 heterocycles. The molecule has 0 aliphatic carbocycles. The summed E-state index contributed by atoms with van der Waals surface area (Å²) in [5, 5.41) is 0. The molecule has 2 aromatic carbocycles. The summed E-state index contributed by atoms with van der Waals surface area (Å²) >= 11 is 7.65. The van der Waals surface area contributed by atoms with Crippen LogP contribution in [0.4, 0.5) is 0 Å². The molecule has 8 heteroatoms. The van der Waals surface area contributed by atoms with E-state index in [1.165, 1.54) is 0 Å². The number of nitrogens with two attached hydrogens (primary N) is 1. The highest BCUT2D eigenvalue weighted by Gasteiger charge is 2.24. The Morgan fingerprint density at radius 1 is 1.00 bits per heavy atom. The van der Waals surface area contributed by atoms with Gasteiger partial charge in [0.25, 0.3) is 0 Å². The summed E-state index contributed by atoms with van der Waals surface area (Å²) < 4.78 is 21.6. The van der Waals surface area contributed by atoms with Crippen LogP contribution in [0.25, 0.3) is 0 Å². The molecule has 0 unspecified atom stereocenters. The average Bonchev–Trinajstić information content (AvgIpc) is 2.50. The maximum atomic E-state index is 11.7. The van der Waals surface area contributed by atoms with Gasteiger partial charge in [-0.3, -0.25) is 4.89 Å². The van der Waals surface area contributed by atoms with Crippen LogP contribution in [0.5, 0.6) is 11.5 Å². The molecule has 0 amide bonds. The van der Waals surface area contributed by atoms with Crippen LogP contribution in [-0.4, -0.2) is 9.21 Å².